The first-order valence-electron chi connectivity index (χ1n) is 5.18. The Morgan fingerprint density at radius 3 is 3.08 bits per heavy atom. The molecule has 0 radical (unpaired) electrons. The molecule has 0 amide bonds. The summed E-state index contributed by atoms with van der Waals surface area (Å²) in [6.45, 7) is 4.31. The molecule has 1 saturated heterocycles. The largest absolute Gasteiger partial charge is 0.385 e. The van der Waals surface area contributed by atoms with Crippen LogP contribution in [0.4, 0.5) is 0 Å². The SMILES string of the molecule is COCCCNC1CCCSC1C. The van der Waals surface area contributed by atoms with Gasteiger partial charge in [0.05, 0.1) is 0 Å². The summed E-state index contributed by atoms with van der Waals surface area (Å²) in [5.74, 6) is 1.34. The molecule has 3 heteroatoms. The Bertz CT molecular complexity index is 132. The van der Waals surface area contributed by atoms with Crippen LogP contribution < -0.4 is 5.32 Å². The van der Waals surface area contributed by atoms with E-state index in [-0.39, 0.29) is 0 Å². The smallest absolute Gasteiger partial charge is 0.0474 e. The van der Waals surface area contributed by atoms with Gasteiger partial charge < -0.3 is 10.1 Å². The van der Waals surface area contributed by atoms with Crippen LogP contribution in [0, 0.1) is 0 Å². The molecule has 1 fully saturated rings. The Labute approximate surface area is 85.8 Å². The van der Waals surface area contributed by atoms with Gasteiger partial charge in [-0.3, -0.25) is 0 Å². The highest BCUT2D eigenvalue weighted by Gasteiger charge is 2.20. The van der Waals surface area contributed by atoms with Crippen molar-refractivity contribution in [2.75, 3.05) is 26.0 Å². The number of hydrogen-bond acceptors (Lipinski definition) is 3. The van der Waals surface area contributed by atoms with Crippen LogP contribution in [-0.4, -0.2) is 37.3 Å². The van der Waals surface area contributed by atoms with E-state index in [1.165, 1.54) is 18.6 Å². The Hall–Kier alpha value is 0.270. The lowest BCUT2D eigenvalue weighted by Gasteiger charge is -2.29. The molecule has 1 N–H and O–H groups in total. The second-order valence-corrected chi connectivity index (χ2v) is 5.11. The number of nitrogens with one attached hydrogen (secondary N) is 1. The number of rotatable bonds is 5. The molecule has 0 aromatic heterocycles. The van der Waals surface area contributed by atoms with E-state index in [0.29, 0.717) is 0 Å². The van der Waals surface area contributed by atoms with Crippen molar-refractivity contribution in [3.63, 3.8) is 0 Å². The van der Waals surface area contributed by atoms with Gasteiger partial charge in [-0.1, -0.05) is 6.92 Å². The van der Waals surface area contributed by atoms with E-state index in [9.17, 15) is 0 Å². The van der Waals surface area contributed by atoms with Gasteiger partial charge in [0.2, 0.25) is 0 Å². The molecule has 2 unspecified atom stereocenters. The molecule has 0 bridgehead atoms. The van der Waals surface area contributed by atoms with Crippen LogP contribution in [0.2, 0.25) is 0 Å². The molecule has 1 heterocycles. The van der Waals surface area contributed by atoms with E-state index in [0.717, 1.165) is 30.9 Å². The van der Waals surface area contributed by atoms with Gasteiger partial charge in [-0.25, -0.2) is 0 Å². The van der Waals surface area contributed by atoms with Crippen LogP contribution >= 0.6 is 11.8 Å². The van der Waals surface area contributed by atoms with Gasteiger partial charge in [-0.15, -0.1) is 0 Å². The van der Waals surface area contributed by atoms with Gasteiger partial charge in [-0.05, 0) is 31.6 Å². The first-order chi connectivity index (χ1) is 6.34. The van der Waals surface area contributed by atoms with E-state index >= 15 is 0 Å². The Balaban J connectivity index is 2.05. The fraction of sp³-hybridized carbons (Fsp3) is 1.00. The first kappa shape index (κ1) is 11.3. The lowest BCUT2D eigenvalue weighted by atomic mass is 10.1. The molecule has 2 nitrogen and oxygen atoms in total. The van der Waals surface area contributed by atoms with Crippen molar-refractivity contribution >= 4 is 11.8 Å². The average Bonchev–Trinajstić information content (AvgIpc) is 2.15. The predicted octanol–water partition coefficient (Wildman–Crippen LogP) is 1.90. The topological polar surface area (TPSA) is 21.3 Å². The third-order valence-electron chi connectivity index (χ3n) is 2.54. The van der Waals surface area contributed by atoms with Crippen LogP contribution in [0.1, 0.15) is 26.2 Å². The van der Waals surface area contributed by atoms with Gasteiger partial charge in [0.25, 0.3) is 0 Å². The number of methoxy groups -OCH3 is 1. The maximum Gasteiger partial charge on any atom is 0.0474 e. The minimum atomic E-state index is 0.732. The zero-order valence-electron chi connectivity index (χ0n) is 8.71. The zero-order valence-corrected chi connectivity index (χ0v) is 9.53. The van der Waals surface area contributed by atoms with Crippen LogP contribution in [-0.2, 0) is 4.74 Å². The molecule has 2 atom stereocenters. The fourth-order valence-electron chi connectivity index (χ4n) is 1.70. The number of hydrogen-bond donors (Lipinski definition) is 1. The monoisotopic (exact) mass is 203 g/mol. The number of thioether (sulfide) groups is 1. The molecule has 1 rings (SSSR count). The highest BCUT2D eigenvalue weighted by Crippen LogP contribution is 2.24. The van der Waals surface area contributed by atoms with Crippen molar-refractivity contribution in [3.05, 3.63) is 0 Å². The highest BCUT2D eigenvalue weighted by atomic mass is 32.2. The fourth-order valence-corrected chi connectivity index (χ4v) is 2.87. The molecular weight excluding hydrogens is 182 g/mol. The van der Waals surface area contributed by atoms with Crippen molar-refractivity contribution in [1.82, 2.24) is 5.32 Å². The molecule has 78 valence electrons. The van der Waals surface area contributed by atoms with E-state index in [2.05, 4.69) is 24.0 Å². The number of ether oxygens (including phenoxy) is 1. The summed E-state index contributed by atoms with van der Waals surface area (Å²) in [5.41, 5.74) is 0. The third-order valence-corrected chi connectivity index (χ3v) is 3.92. The zero-order chi connectivity index (χ0) is 9.52. The lowest BCUT2D eigenvalue weighted by Crippen LogP contribution is -2.39. The van der Waals surface area contributed by atoms with Gasteiger partial charge >= 0.3 is 0 Å². The van der Waals surface area contributed by atoms with Crippen LogP contribution in [0.25, 0.3) is 0 Å². The maximum absolute atomic E-state index is 5.01. The Kier molecular flexibility index (Phi) is 5.83. The normalized spacial score (nSPS) is 29.1. The standard InChI is InChI=1S/C10H21NOS/c1-9-10(5-3-8-13-9)11-6-4-7-12-2/h9-11H,3-8H2,1-2H3. The molecule has 0 aliphatic carbocycles. The average molecular weight is 203 g/mol. The summed E-state index contributed by atoms with van der Waals surface area (Å²) in [7, 11) is 1.76. The minimum Gasteiger partial charge on any atom is -0.385 e. The molecule has 0 aromatic carbocycles. The van der Waals surface area contributed by atoms with Crippen molar-refractivity contribution in [2.45, 2.75) is 37.5 Å². The van der Waals surface area contributed by atoms with E-state index in [1.54, 1.807) is 7.11 Å². The van der Waals surface area contributed by atoms with Gasteiger partial charge in [0.15, 0.2) is 0 Å². The summed E-state index contributed by atoms with van der Waals surface area (Å²) in [6.07, 6.45) is 3.85. The van der Waals surface area contributed by atoms with E-state index in [1.807, 2.05) is 0 Å². The van der Waals surface area contributed by atoms with Crippen LogP contribution in [0.15, 0.2) is 0 Å². The van der Waals surface area contributed by atoms with Gasteiger partial charge in [0, 0.05) is 25.0 Å². The van der Waals surface area contributed by atoms with Crippen molar-refractivity contribution in [2.24, 2.45) is 0 Å². The van der Waals surface area contributed by atoms with Gasteiger partial charge in [0.1, 0.15) is 0 Å². The van der Waals surface area contributed by atoms with Crippen molar-refractivity contribution < 1.29 is 4.74 Å². The molecule has 0 saturated carbocycles. The Morgan fingerprint density at radius 2 is 2.38 bits per heavy atom. The minimum absolute atomic E-state index is 0.732. The van der Waals surface area contributed by atoms with Crippen molar-refractivity contribution in [1.29, 1.82) is 0 Å². The third kappa shape index (κ3) is 4.34. The molecule has 1 aliphatic heterocycles. The van der Waals surface area contributed by atoms with Gasteiger partial charge in [-0.2, -0.15) is 11.8 Å². The van der Waals surface area contributed by atoms with E-state index in [4.69, 9.17) is 4.74 Å². The maximum atomic E-state index is 5.01. The van der Waals surface area contributed by atoms with E-state index < -0.39 is 0 Å². The summed E-state index contributed by atoms with van der Waals surface area (Å²) in [5, 5.41) is 4.39. The van der Waals surface area contributed by atoms with Crippen molar-refractivity contribution in [3.8, 4) is 0 Å². The molecule has 0 aromatic rings. The molecule has 13 heavy (non-hydrogen) atoms. The van der Waals surface area contributed by atoms with Crippen LogP contribution in [0.3, 0.4) is 0 Å². The summed E-state index contributed by atoms with van der Waals surface area (Å²) in [4.78, 5) is 0. The second-order valence-electron chi connectivity index (χ2n) is 3.63. The van der Waals surface area contributed by atoms with Crippen LogP contribution in [0.5, 0.6) is 0 Å². The lowest BCUT2D eigenvalue weighted by molar-refractivity contribution is 0.193. The quantitative estimate of drug-likeness (QED) is 0.690. The predicted molar refractivity (Wildman–Crippen MR) is 59.4 cm³/mol. The first-order valence-corrected chi connectivity index (χ1v) is 6.23. The second kappa shape index (κ2) is 6.68. The Morgan fingerprint density at radius 1 is 1.54 bits per heavy atom. The summed E-state index contributed by atoms with van der Waals surface area (Å²) in [6, 6.07) is 0.732. The highest BCUT2D eigenvalue weighted by molar-refractivity contribution is 7.99. The summed E-state index contributed by atoms with van der Waals surface area (Å²) >= 11 is 2.10. The summed E-state index contributed by atoms with van der Waals surface area (Å²) < 4.78 is 5.01. The molecular formula is C10H21NOS. The molecule has 0 spiro atoms. The molecule has 1 aliphatic rings.